The number of ether oxygens (including phenoxy) is 3. The second-order valence-corrected chi connectivity index (χ2v) is 6.37. The van der Waals surface area contributed by atoms with E-state index in [2.05, 4.69) is 34.6 Å². The molecule has 0 bridgehead atoms. The minimum absolute atomic E-state index is 0.182. The minimum Gasteiger partial charge on any atom is -0.497 e. The molecule has 6 nitrogen and oxygen atoms in total. The quantitative estimate of drug-likeness (QED) is 0.638. The van der Waals surface area contributed by atoms with Crippen LogP contribution in [0.25, 0.3) is 11.3 Å². The second-order valence-electron chi connectivity index (χ2n) is 6.37. The number of methoxy groups -OCH3 is 3. The Morgan fingerprint density at radius 2 is 1.75 bits per heavy atom. The Morgan fingerprint density at radius 3 is 2.43 bits per heavy atom. The number of aromatic nitrogens is 2. The van der Waals surface area contributed by atoms with Gasteiger partial charge in [0.15, 0.2) is 0 Å². The number of nitrogens with zero attached hydrogens (tertiary/aromatic N) is 2. The molecule has 2 aromatic carbocycles. The molecule has 3 rings (SSSR count). The first kappa shape index (κ1) is 19.6. The molecule has 0 aliphatic heterocycles. The molecule has 0 fully saturated rings. The molecule has 1 atom stereocenters. The zero-order chi connectivity index (χ0) is 19.9. The highest BCUT2D eigenvalue weighted by molar-refractivity contribution is 5.67. The topological polar surface area (TPSA) is 65.5 Å². The van der Waals surface area contributed by atoms with Gasteiger partial charge < -0.3 is 19.5 Å². The maximum atomic E-state index is 5.50. The van der Waals surface area contributed by atoms with Gasteiger partial charge in [-0.15, -0.1) is 10.2 Å². The van der Waals surface area contributed by atoms with Gasteiger partial charge in [0.25, 0.3) is 0 Å². The Kier molecular flexibility index (Phi) is 6.45. The number of rotatable bonds is 8. The Hall–Kier alpha value is -3.12. The van der Waals surface area contributed by atoms with Gasteiger partial charge in [0.1, 0.15) is 11.5 Å². The summed E-state index contributed by atoms with van der Waals surface area (Å²) in [6.07, 6.45) is 0. The van der Waals surface area contributed by atoms with E-state index in [1.807, 2.05) is 36.4 Å². The molecule has 1 aromatic heterocycles. The smallest absolute Gasteiger partial charge is 0.233 e. The van der Waals surface area contributed by atoms with E-state index in [1.54, 1.807) is 27.4 Å². The van der Waals surface area contributed by atoms with Gasteiger partial charge in [-0.1, -0.05) is 18.2 Å². The van der Waals surface area contributed by atoms with Crippen molar-refractivity contribution in [2.24, 2.45) is 0 Å². The van der Waals surface area contributed by atoms with E-state index >= 15 is 0 Å². The fourth-order valence-electron chi connectivity index (χ4n) is 2.94. The van der Waals surface area contributed by atoms with Crippen LogP contribution in [0.5, 0.6) is 17.4 Å². The van der Waals surface area contributed by atoms with Crippen molar-refractivity contribution in [3.8, 4) is 28.6 Å². The molecule has 0 saturated carbocycles. The number of hydrogen-bond acceptors (Lipinski definition) is 6. The first-order valence-electron chi connectivity index (χ1n) is 9.07. The van der Waals surface area contributed by atoms with Gasteiger partial charge in [-0.05, 0) is 48.4 Å². The molecule has 0 aliphatic rings. The van der Waals surface area contributed by atoms with Crippen molar-refractivity contribution in [3.63, 3.8) is 0 Å². The van der Waals surface area contributed by atoms with E-state index in [9.17, 15) is 0 Å². The van der Waals surface area contributed by atoms with Gasteiger partial charge in [0.05, 0.1) is 27.0 Å². The fraction of sp³-hybridized carbons (Fsp3) is 0.273. The average Bonchev–Trinajstić information content (AvgIpc) is 2.77. The molecule has 0 aliphatic carbocycles. The minimum atomic E-state index is 0.182. The highest BCUT2D eigenvalue weighted by Gasteiger charge is 2.11. The third-order valence-electron chi connectivity index (χ3n) is 4.60. The molecule has 146 valence electrons. The monoisotopic (exact) mass is 379 g/mol. The summed E-state index contributed by atoms with van der Waals surface area (Å²) in [5.74, 6) is 2.09. The van der Waals surface area contributed by atoms with E-state index in [1.165, 1.54) is 5.56 Å². The summed E-state index contributed by atoms with van der Waals surface area (Å²) in [6.45, 7) is 2.84. The molecular weight excluding hydrogens is 354 g/mol. The standard InChI is InChI=1S/C22H25N3O3/c1-15(17-6-5-7-18(13-17)26-2)23-14-16-8-10-21(27-3)19(12-16)20-9-11-22(28-4)25-24-20/h5-13,15,23H,14H2,1-4H3. The molecule has 0 spiro atoms. The number of nitrogens with one attached hydrogen (secondary N) is 1. The zero-order valence-electron chi connectivity index (χ0n) is 16.6. The first-order chi connectivity index (χ1) is 13.6. The van der Waals surface area contributed by atoms with Crippen molar-refractivity contribution < 1.29 is 14.2 Å². The van der Waals surface area contributed by atoms with Crippen molar-refractivity contribution in [3.05, 3.63) is 65.7 Å². The predicted molar refractivity (Wildman–Crippen MR) is 109 cm³/mol. The van der Waals surface area contributed by atoms with Gasteiger partial charge in [0, 0.05) is 24.2 Å². The zero-order valence-corrected chi connectivity index (χ0v) is 16.6. The maximum absolute atomic E-state index is 5.50. The van der Waals surface area contributed by atoms with E-state index in [0.29, 0.717) is 12.4 Å². The lowest BCUT2D eigenvalue weighted by molar-refractivity contribution is 0.392. The summed E-state index contributed by atoms with van der Waals surface area (Å²) in [4.78, 5) is 0. The maximum Gasteiger partial charge on any atom is 0.233 e. The van der Waals surface area contributed by atoms with Crippen LogP contribution in [0.3, 0.4) is 0 Å². The Morgan fingerprint density at radius 1 is 0.893 bits per heavy atom. The van der Waals surface area contributed by atoms with E-state index in [0.717, 1.165) is 28.3 Å². The van der Waals surface area contributed by atoms with Crippen molar-refractivity contribution in [1.29, 1.82) is 0 Å². The lowest BCUT2D eigenvalue weighted by Crippen LogP contribution is -2.18. The SMILES string of the molecule is COc1cccc(C(C)NCc2ccc(OC)c(-c3ccc(OC)nn3)c2)c1. The summed E-state index contributed by atoms with van der Waals surface area (Å²) < 4.78 is 15.9. The van der Waals surface area contributed by atoms with E-state index in [4.69, 9.17) is 14.2 Å². The summed E-state index contributed by atoms with van der Waals surface area (Å²) >= 11 is 0. The van der Waals surface area contributed by atoms with Crippen LogP contribution in [-0.2, 0) is 6.54 Å². The third-order valence-corrected chi connectivity index (χ3v) is 4.60. The predicted octanol–water partition coefficient (Wildman–Crippen LogP) is 4.02. The third kappa shape index (κ3) is 4.58. The molecule has 28 heavy (non-hydrogen) atoms. The van der Waals surface area contributed by atoms with Crippen LogP contribution in [0, 0.1) is 0 Å². The first-order valence-corrected chi connectivity index (χ1v) is 9.07. The van der Waals surface area contributed by atoms with Crippen LogP contribution in [0.15, 0.2) is 54.6 Å². The molecule has 0 saturated heterocycles. The van der Waals surface area contributed by atoms with Gasteiger partial charge in [-0.25, -0.2) is 0 Å². The van der Waals surface area contributed by atoms with Crippen LogP contribution >= 0.6 is 0 Å². The number of benzene rings is 2. The summed E-state index contributed by atoms with van der Waals surface area (Å²) in [5.41, 5.74) is 3.93. The van der Waals surface area contributed by atoms with Gasteiger partial charge in [-0.2, -0.15) is 0 Å². The van der Waals surface area contributed by atoms with Crippen molar-refractivity contribution >= 4 is 0 Å². The van der Waals surface area contributed by atoms with E-state index < -0.39 is 0 Å². The summed E-state index contributed by atoms with van der Waals surface area (Å²) in [6, 6.07) is 18.0. The van der Waals surface area contributed by atoms with Gasteiger partial charge >= 0.3 is 0 Å². The Bertz CT molecular complexity index is 913. The highest BCUT2D eigenvalue weighted by atomic mass is 16.5. The molecule has 0 radical (unpaired) electrons. The largest absolute Gasteiger partial charge is 0.497 e. The van der Waals surface area contributed by atoms with E-state index in [-0.39, 0.29) is 6.04 Å². The average molecular weight is 379 g/mol. The highest BCUT2D eigenvalue weighted by Crippen LogP contribution is 2.30. The van der Waals surface area contributed by atoms with Gasteiger partial charge in [0.2, 0.25) is 5.88 Å². The number of hydrogen-bond donors (Lipinski definition) is 1. The van der Waals surface area contributed by atoms with Crippen LogP contribution in [0.4, 0.5) is 0 Å². The molecule has 0 amide bonds. The van der Waals surface area contributed by atoms with Crippen molar-refractivity contribution in [2.45, 2.75) is 19.5 Å². The summed E-state index contributed by atoms with van der Waals surface area (Å²) in [7, 11) is 4.90. The fourth-order valence-corrected chi connectivity index (χ4v) is 2.94. The molecule has 1 unspecified atom stereocenters. The van der Waals surface area contributed by atoms with Crippen LogP contribution in [0.2, 0.25) is 0 Å². The molecule has 1 heterocycles. The van der Waals surface area contributed by atoms with Gasteiger partial charge in [-0.3, -0.25) is 0 Å². The Labute approximate surface area is 165 Å². The molecular formula is C22H25N3O3. The second kappa shape index (κ2) is 9.19. The Balaban J connectivity index is 1.77. The van der Waals surface area contributed by atoms with Crippen molar-refractivity contribution in [2.75, 3.05) is 21.3 Å². The molecule has 6 heteroatoms. The summed E-state index contributed by atoms with van der Waals surface area (Å²) in [5, 5.41) is 11.8. The lowest BCUT2D eigenvalue weighted by atomic mass is 10.0. The lowest BCUT2D eigenvalue weighted by Gasteiger charge is -2.16. The van der Waals surface area contributed by atoms with Crippen LogP contribution in [-0.4, -0.2) is 31.5 Å². The normalized spacial score (nSPS) is 11.7. The van der Waals surface area contributed by atoms with Crippen LogP contribution < -0.4 is 19.5 Å². The molecule has 3 aromatic rings. The van der Waals surface area contributed by atoms with Crippen molar-refractivity contribution in [1.82, 2.24) is 15.5 Å². The molecule has 1 N–H and O–H groups in total. The van der Waals surface area contributed by atoms with Crippen LogP contribution in [0.1, 0.15) is 24.1 Å².